The van der Waals surface area contributed by atoms with Crippen LogP contribution in [0.3, 0.4) is 0 Å². The Morgan fingerprint density at radius 3 is 2.57 bits per heavy atom. The molecule has 1 aromatic carbocycles. The average molecular weight is 374 g/mol. The van der Waals surface area contributed by atoms with Crippen LogP contribution in [0.4, 0.5) is 11.5 Å². The normalized spacial score (nSPS) is 10.5. The molecule has 0 saturated carbocycles. The molecule has 0 fully saturated rings. The van der Waals surface area contributed by atoms with Gasteiger partial charge in [-0.05, 0) is 60.7 Å². The summed E-state index contributed by atoms with van der Waals surface area (Å²) in [6.07, 6.45) is 7.03. The number of amides is 1. The van der Waals surface area contributed by atoms with Crippen molar-refractivity contribution in [3.8, 4) is 0 Å². The van der Waals surface area contributed by atoms with Gasteiger partial charge in [-0.15, -0.1) is 0 Å². The highest BCUT2D eigenvalue weighted by Crippen LogP contribution is 2.22. The summed E-state index contributed by atoms with van der Waals surface area (Å²) in [5.74, 6) is 0.707. The van der Waals surface area contributed by atoms with Crippen LogP contribution in [0.15, 0.2) is 61.1 Å². The Hall–Kier alpha value is -3.21. The first-order valence-electron chi connectivity index (χ1n) is 9.54. The molecule has 3 aromatic rings. The highest BCUT2D eigenvalue weighted by molar-refractivity contribution is 6.05. The van der Waals surface area contributed by atoms with Crippen molar-refractivity contribution in [3.63, 3.8) is 0 Å². The van der Waals surface area contributed by atoms with E-state index in [9.17, 15) is 4.79 Å². The molecule has 144 valence electrons. The molecule has 0 bridgehead atoms. The van der Waals surface area contributed by atoms with Crippen LogP contribution in [0.5, 0.6) is 0 Å². The van der Waals surface area contributed by atoms with E-state index in [-0.39, 0.29) is 5.91 Å². The molecule has 1 N–H and O–H groups in total. The molecule has 5 heteroatoms. The van der Waals surface area contributed by atoms with Crippen LogP contribution in [-0.2, 0) is 12.8 Å². The Morgan fingerprint density at radius 1 is 1.11 bits per heavy atom. The van der Waals surface area contributed by atoms with Gasteiger partial charge >= 0.3 is 0 Å². The van der Waals surface area contributed by atoms with E-state index in [1.165, 1.54) is 5.56 Å². The van der Waals surface area contributed by atoms with Gasteiger partial charge in [0.25, 0.3) is 5.91 Å². The number of carbonyl (C=O) groups excluding carboxylic acids is 1. The fraction of sp³-hybridized carbons (Fsp3) is 0.261. The lowest BCUT2D eigenvalue weighted by Gasteiger charge is -2.18. The van der Waals surface area contributed by atoms with Crippen LogP contribution in [0, 0.1) is 6.92 Å². The van der Waals surface area contributed by atoms with Crippen LogP contribution in [0.1, 0.15) is 34.0 Å². The van der Waals surface area contributed by atoms with Gasteiger partial charge in [0, 0.05) is 37.9 Å². The first-order chi connectivity index (χ1) is 13.6. The van der Waals surface area contributed by atoms with Crippen molar-refractivity contribution >= 4 is 17.4 Å². The maximum atomic E-state index is 12.7. The number of benzene rings is 1. The molecule has 28 heavy (non-hydrogen) atoms. The van der Waals surface area contributed by atoms with E-state index in [1.54, 1.807) is 18.6 Å². The van der Waals surface area contributed by atoms with Gasteiger partial charge in [-0.3, -0.25) is 9.78 Å². The Kier molecular flexibility index (Phi) is 6.37. The summed E-state index contributed by atoms with van der Waals surface area (Å²) in [6.45, 7) is 4.93. The highest BCUT2D eigenvalue weighted by Gasteiger charge is 2.12. The average Bonchev–Trinajstić information content (AvgIpc) is 2.74. The molecule has 0 atom stereocenters. The molecule has 1 amide bonds. The Bertz CT molecular complexity index is 923. The van der Waals surface area contributed by atoms with Gasteiger partial charge < -0.3 is 10.2 Å². The number of hydrogen-bond acceptors (Lipinski definition) is 4. The second-order valence-electron chi connectivity index (χ2n) is 6.85. The lowest BCUT2D eigenvalue weighted by Crippen LogP contribution is -2.22. The first kappa shape index (κ1) is 19.5. The third kappa shape index (κ3) is 4.74. The molecular formula is C23H26N4O. The van der Waals surface area contributed by atoms with Crippen LogP contribution < -0.4 is 10.2 Å². The zero-order chi connectivity index (χ0) is 19.9. The maximum Gasteiger partial charge on any atom is 0.257 e. The number of nitrogens with one attached hydrogen (secondary N) is 1. The van der Waals surface area contributed by atoms with Crippen molar-refractivity contribution < 1.29 is 4.79 Å². The van der Waals surface area contributed by atoms with Gasteiger partial charge in [-0.1, -0.05) is 25.1 Å². The van der Waals surface area contributed by atoms with Crippen LogP contribution >= 0.6 is 0 Å². The number of pyridine rings is 2. The molecule has 3 rings (SSSR count). The molecule has 2 heterocycles. The minimum absolute atomic E-state index is 0.137. The third-order valence-corrected chi connectivity index (χ3v) is 4.86. The number of rotatable bonds is 7. The molecule has 0 unspecified atom stereocenters. The topological polar surface area (TPSA) is 58.1 Å². The molecule has 5 nitrogen and oxygen atoms in total. The Balaban J connectivity index is 1.64. The van der Waals surface area contributed by atoms with Crippen LogP contribution in [0.2, 0.25) is 0 Å². The Morgan fingerprint density at radius 2 is 1.89 bits per heavy atom. The van der Waals surface area contributed by atoms with Crippen molar-refractivity contribution in [1.29, 1.82) is 0 Å². The molecular weight excluding hydrogens is 348 g/mol. The van der Waals surface area contributed by atoms with E-state index < -0.39 is 0 Å². The summed E-state index contributed by atoms with van der Waals surface area (Å²) >= 11 is 0. The lowest BCUT2D eigenvalue weighted by molar-refractivity contribution is 0.102. The third-order valence-electron chi connectivity index (χ3n) is 4.86. The van der Waals surface area contributed by atoms with Crippen LogP contribution in [-0.4, -0.2) is 29.5 Å². The molecule has 0 saturated heterocycles. The zero-order valence-electron chi connectivity index (χ0n) is 16.6. The number of aryl methyl sites for hydroxylation is 2. The largest absolute Gasteiger partial charge is 0.359 e. The summed E-state index contributed by atoms with van der Waals surface area (Å²) < 4.78 is 0. The predicted octanol–water partition coefficient (Wildman–Crippen LogP) is 4.28. The monoisotopic (exact) mass is 374 g/mol. The maximum absolute atomic E-state index is 12.7. The second-order valence-corrected chi connectivity index (χ2v) is 6.85. The molecule has 0 spiro atoms. The fourth-order valence-electron chi connectivity index (χ4n) is 3.09. The fourth-order valence-corrected chi connectivity index (χ4v) is 3.09. The second kappa shape index (κ2) is 9.13. The van der Waals surface area contributed by atoms with Gasteiger partial charge in [0.2, 0.25) is 0 Å². The van der Waals surface area contributed by atoms with Gasteiger partial charge in [-0.2, -0.15) is 0 Å². The first-order valence-corrected chi connectivity index (χ1v) is 9.54. The predicted molar refractivity (Wildman–Crippen MR) is 114 cm³/mol. The van der Waals surface area contributed by atoms with Crippen molar-refractivity contribution in [2.24, 2.45) is 0 Å². The molecule has 0 aliphatic rings. The van der Waals surface area contributed by atoms with Gasteiger partial charge in [-0.25, -0.2) is 4.98 Å². The van der Waals surface area contributed by atoms with E-state index in [0.717, 1.165) is 42.0 Å². The number of anilines is 2. The van der Waals surface area contributed by atoms with E-state index >= 15 is 0 Å². The number of nitrogens with zero attached hydrogens (tertiary/aromatic N) is 3. The van der Waals surface area contributed by atoms with Gasteiger partial charge in [0.05, 0.1) is 5.56 Å². The lowest BCUT2D eigenvalue weighted by atomic mass is 10.1. The van der Waals surface area contributed by atoms with Crippen molar-refractivity contribution in [2.45, 2.75) is 26.7 Å². The van der Waals surface area contributed by atoms with Gasteiger partial charge in [0.1, 0.15) is 5.82 Å². The summed E-state index contributed by atoms with van der Waals surface area (Å²) in [5, 5.41) is 3.04. The number of hydrogen-bond donors (Lipinski definition) is 1. The van der Waals surface area contributed by atoms with Gasteiger partial charge in [0.15, 0.2) is 0 Å². The molecule has 0 aliphatic heterocycles. The number of para-hydroxylation sites is 1. The van der Waals surface area contributed by atoms with E-state index in [0.29, 0.717) is 5.56 Å². The quantitative estimate of drug-likeness (QED) is 0.671. The Labute approximate surface area is 166 Å². The minimum Gasteiger partial charge on any atom is -0.359 e. The highest BCUT2D eigenvalue weighted by atomic mass is 16.1. The molecule has 0 aliphatic carbocycles. The minimum atomic E-state index is -0.137. The smallest absolute Gasteiger partial charge is 0.257 e. The number of likely N-dealkylation sites (N-methyl/N-ethyl adjacent to an activating group) is 1. The van der Waals surface area contributed by atoms with Crippen LogP contribution in [0.25, 0.3) is 0 Å². The SMILES string of the molecule is CCc1cccc(C)c1NC(=O)c1ccc(N(C)CCc2ccncc2)nc1. The molecule has 2 aromatic heterocycles. The summed E-state index contributed by atoms with van der Waals surface area (Å²) in [6, 6.07) is 13.8. The summed E-state index contributed by atoms with van der Waals surface area (Å²) in [5.41, 5.74) is 4.88. The van der Waals surface area contributed by atoms with Crippen molar-refractivity contribution in [2.75, 3.05) is 23.8 Å². The standard InChI is InChI=1S/C23H26N4O/c1-4-19-7-5-6-17(2)22(19)26-23(28)20-8-9-21(25-16-20)27(3)15-12-18-10-13-24-14-11-18/h5-11,13-14,16H,4,12,15H2,1-3H3,(H,26,28). The number of carbonyl (C=O) groups is 1. The number of aromatic nitrogens is 2. The van der Waals surface area contributed by atoms with Crippen molar-refractivity contribution in [3.05, 3.63) is 83.3 Å². The summed E-state index contributed by atoms with van der Waals surface area (Å²) in [4.78, 5) is 23.2. The molecule has 0 radical (unpaired) electrons. The van der Waals surface area contributed by atoms with E-state index in [2.05, 4.69) is 27.1 Å². The van der Waals surface area contributed by atoms with E-state index in [1.807, 2.05) is 56.4 Å². The van der Waals surface area contributed by atoms with E-state index in [4.69, 9.17) is 0 Å². The zero-order valence-corrected chi connectivity index (χ0v) is 16.6. The van der Waals surface area contributed by atoms with Crippen molar-refractivity contribution in [1.82, 2.24) is 9.97 Å². The summed E-state index contributed by atoms with van der Waals surface area (Å²) in [7, 11) is 2.00.